The van der Waals surface area contributed by atoms with Gasteiger partial charge in [-0.25, -0.2) is 0 Å². The molecule has 2 heteroatoms. The van der Waals surface area contributed by atoms with Crippen LogP contribution >= 0.6 is 15.9 Å². The van der Waals surface area contributed by atoms with Gasteiger partial charge < -0.3 is 5.32 Å². The van der Waals surface area contributed by atoms with E-state index >= 15 is 0 Å². The Morgan fingerprint density at radius 2 is 1.90 bits per heavy atom. The third-order valence-corrected chi connectivity index (χ3v) is 4.98. The zero-order chi connectivity index (χ0) is 14.4. The third-order valence-electron chi connectivity index (χ3n) is 4.49. The summed E-state index contributed by atoms with van der Waals surface area (Å²) < 4.78 is 1.21. The standard InChI is InChI=1S/C18H28BrN/c1-14(2)20-13-17-9-5-3-4-8-16(17)11-15-7-6-10-18(19)12-15/h6-7,10,12,14,16-17,20H,3-5,8-9,11,13H2,1-2H3. The normalized spacial score (nSPS) is 23.8. The SMILES string of the molecule is CC(C)NCC1CCCCCC1Cc1cccc(Br)c1. The van der Waals surface area contributed by atoms with Gasteiger partial charge in [-0.1, -0.05) is 61.2 Å². The van der Waals surface area contributed by atoms with Crippen molar-refractivity contribution in [3.8, 4) is 0 Å². The predicted molar refractivity (Wildman–Crippen MR) is 91.0 cm³/mol. The van der Waals surface area contributed by atoms with Crippen LogP contribution in [0.25, 0.3) is 0 Å². The largest absolute Gasteiger partial charge is 0.314 e. The smallest absolute Gasteiger partial charge is 0.0177 e. The van der Waals surface area contributed by atoms with Crippen molar-refractivity contribution in [2.75, 3.05) is 6.54 Å². The molecular weight excluding hydrogens is 310 g/mol. The maximum atomic E-state index is 3.66. The maximum absolute atomic E-state index is 3.66. The van der Waals surface area contributed by atoms with Crippen LogP contribution in [0.2, 0.25) is 0 Å². The van der Waals surface area contributed by atoms with Gasteiger partial charge in [0.2, 0.25) is 0 Å². The van der Waals surface area contributed by atoms with E-state index in [-0.39, 0.29) is 0 Å². The molecule has 0 aromatic heterocycles. The van der Waals surface area contributed by atoms with Crippen molar-refractivity contribution in [3.05, 3.63) is 34.3 Å². The van der Waals surface area contributed by atoms with E-state index in [4.69, 9.17) is 0 Å². The van der Waals surface area contributed by atoms with Crippen molar-refractivity contribution in [2.24, 2.45) is 11.8 Å². The molecule has 2 rings (SSSR count). The summed E-state index contributed by atoms with van der Waals surface area (Å²) in [4.78, 5) is 0. The number of benzene rings is 1. The van der Waals surface area contributed by atoms with Crippen LogP contribution in [0.3, 0.4) is 0 Å². The highest BCUT2D eigenvalue weighted by molar-refractivity contribution is 9.10. The first kappa shape index (κ1) is 16.0. The summed E-state index contributed by atoms with van der Waals surface area (Å²) in [5.41, 5.74) is 1.49. The lowest BCUT2D eigenvalue weighted by molar-refractivity contribution is 0.291. The molecule has 1 aromatic rings. The summed E-state index contributed by atoms with van der Waals surface area (Å²) in [6.07, 6.45) is 8.29. The fourth-order valence-electron chi connectivity index (χ4n) is 3.35. The molecule has 0 heterocycles. The molecular formula is C18H28BrN. The maximum Gasteiger partial charge on any atom is 0.0177 e. The summed E-state index contributed by atoms with van der Waals surface area (Å²) in [5.74, 6) is 1.69. The van der Waals surface area contributed by atoms with E-state index < -0.39 is 0 Å². The number of halogens is 1. The van der Waals surface area contributed by atoms with Crippen LogP contribution in [0.1, 0.15) is 51.5 Å². The van der Waals surface area contributed by atoms with Gasteiger partial charge in [-0.2, -0.15) is 0 Å². The molecule has 0 spiro atoms. The number of rotatable bonds is 5. The van der Waals surface area contributed by atoms with E-state index in [1.807, 2.05) is 0 Å². The van der Waals surface area contributed by atoms with Gasteiger partial charge in [-0.3, -0.25) is 0 Å². The Hall–Kier alpha value is -0.340. The fourth-order valence-corrected chi connectivity index (χ4v) is 3.80. The molecule has 1 N–H and O–H groups in total. The van der Waals surface area contributed by atoms with Crippen molar-refractivity contribution in [3.63, 3.8) is 0 Å². The van der Waals surface area contributed by atoms with Crippen LogP contribution in [-0.2, 0) is 6.42 Å². The highest BCUT2D eigenvalue weighted by atomic mass is 79.9. The molecule has 1 fully saturated rings. The van der Waals surface area contributed by atoms with Crippen LogP contribution in [0.15, 0.2) is 28.7 Å². The van der Waals surface area contributed by atoms with Crippen LogP contribution in [0, 0.1) is 11.8 Å². The molecule has 0 amide bonds. The summed E-state index contributed by atoms with van der Waals surface area (Å²) >= 11 is 3.59. The number of hydrogen-bond donors (Lipinski definition) is 1. The number of hydrogen-bond acceptors (Lipinski definition) is 1. The van der Waals surface area contributed by atoms with Crippen LogP contribution < -0.4 is 5.32 Å². The van der Waals surface area contributed by atoms with Gasteiger partial charge in [0.1, 0.15) is 0 Å². The number of nitrogens with one attached hydrogen (secondary N) is 1. The monoisotopic (exact) mass is 337 g/mol. The summed E-state index contributed by atoms with van der Waals surface area (Å²) in [7, 11) is 0. The van der Waals surface area contributed by atoms with Crippen molar-refractivity contribution in [2.45, 2.75) is 58.4 Å². The second kappa shape index (κ2) is 8.19. The van der Waals surface area contributed by atoms with Gasteiger partial charge in [-0.15, -0.1) is 0 Å². The van der Waals surface area contributed by atoms with E-state index in [2.05, 4.69) is 59.4 Å². The molecule has 0 bridgehead atoms. The molecule has 1 nitrogen and oxygen atoms in total. The van der Waals surface area contributed by atoms with Crippen LogP contribution in [0.4, 0.5) is 0 Å². The molecule has 0 radical (unpaired) electrons. The first-order valence-electron chi connectivity index (χ1n) is 8.13. The van der Waals surface area contributed by atoms with Crippen molar-refractivity contribution >= 4 is 15.9 Å². The predicted octanol–water partition coefficient (Wildman–Crippen LogP) is 5.19. The highest BCUT2D eigenvalue weighted by Crippen LogP contribution is 2.31. The molecule has 0 aliphatic heterocycles. The molecule has 1 aliphatic rings. The topological polar surface area (TPSA) is 12.0 Å². The average Bonchev–Trinajstić information content (AvgIpc) is 2.62. The van der Waals surface area contributed by atoms with Gasteiger partial charge in [0.25, 0.3) is 0 Å². The van der Waals surface area contributed by atoms with E-state index in [0.29, 0.717) is 6.04 Å². The third kappa shape index (κ3) is 5.21. The van der Waals surface area contributed by atoms with E-state index in [1.54, 1.807) is 0 Å². The zero-order valence-electron chi connectivity index (χ0n) is 12.9. The highest BCUT2D eigenvalue weighted by Gasteiger charge is 2.23. The molecule has 112 valence electrons. The Kier molecular flexibility index (Phi) is 6.57. The Labute approximate surface area is 132 Å². The lowest BCUT2D eigenvalue weighted by Gasteiger charge is -2.26. The van der Waals surface area contributed by atoms with E-state index in [9.17, 15) is 0 Å². The van der Waals surface area contributed by atoms with Crippen molar-refractivity contribution in [1.82, 2.24) is 5.32 Å². The molecule has 2 unspecified atom stereocenters. The second-order valence-electron chi connectivity index (χ2n) is 6.56. The minimum atomic E-state index is 0.602. The molecule has 1 saturated carbocycles. The van der Waals surface area contributed by atoms with Gasteiger partial charge >= 0.3 is 0 Å². The first-order chi connectivity index (χ1) is 9.65. The molecule has 1 aromatic carbocycles. The minimum absolute atomic E-state index is 0.602. The summed E-state index contributed by atoms with van der Waals surface area (Å²) in [6.45, 7) is 5.69. The Morgan fingerprint density at radius 1 is 1.15 bits per heavy atom. The van der Waals surface area contributed by atoms with E-state index in [0.717, 1.165) is 11.8 Å². The van der Waals surface area contributed by atoms with Crippen LogP contribution in [-0.4, -0.2) is 12.6 Å². The van der Waals surface area contributed by atoms with Gasteiger partial charge in [0, 0.05) is 10.5 Å². The Morgan fingerprint density at radius 3 is 2.60 bits per heavy atom. The lowest BCUT2D eigenvalue weighted by atomic mass is 9.83. The Bertz CT molecular complexity index is 402. The lowest BCUT2D eigenvalue weighted by Crippen LogP contribution is -2.33. The molecule has 0 saturated heterocycles. The molecule has 1 aliphatic carbocycles. The van der Waals surface area contributed by atoms with Crippen molar-refractivity contribution in [1.29, 1.82) is 0 Å². The fraction of sp³-hybridized carbons (Fsp3) is 0.667. The van der Waals surface area contributed by atoms with Gasteiger partial charge in [0.15, 0.2) is 0 Å². The van der Waals surface area contributed by atoms with E-state index in [1.165, 1.54) is 55.1 Å². The van der Waals surface area contributed by atoms with Crippen molar-refractivity contribution < 1.29 is 0 Å². The van der Waals surface area contributed by atoms with Crippen LogP contribution in [0.5, 0.6) is 0 Å². The van der Waals surface area contributed by atoms with Gasteiger partial charge in [0.05, 0.1) is 0 Å². The van der Waals surface area contributed by atoms with Gasteiger partial charge in [-0.05, 0) is 55.3 Å². The Balaban J connectivity index is 2.00. The second-order valence-corrected chi connectivity index (χ2v) is 7.47. The molecule has 2 atom stereocenters. The summed E-state index contributed by atoms with van der Waals surface area (Å²) in [6, 6.07) is 9.46. The molecule has 20 heavy (non-hydrogen) atoms. The average molecular weight is 338 g/mol. The first-order valence-corrected chi connectivity index (χ1v) is 8.92. The minimum Gasteiger partial charge on any atom is -0.314 e. The zero-order valence-corrected chi connectivity index (χ0v) is 14.5. The summed E-state index contributed by atoms with van der Waals surface area (Å²) in [5, 5.41) is 3.66. The quantitative estimate of drug-likeness (QED) is 0.729.